The van der Waals surface area contributed by atoms with Gasteiger partial charge in [-0.1, -0.05) is 72.8 Å². The summed E-state index contributed by atoms with van der Waals surface area (Å²) in [5.41, 5.74) is 3.41. The molecule has 2 aliphatic rings. The summed E-state index contributed by atoms with van der Waals surface area (Å²) in [6, 6.07) is 23.1. The molecule has 3 aromatic rings. The number of hydrogen-bond acceptors (Lipinski definition) is 3. The Morgan fingerprint density at radius 1 is 0.971 bits per heavy atom. The molecule has 0 unspecified atom stereocenters. The quantitative estimate of drug-likeness (QED) is 0.594. The Bertz CT molecular complexity index is 1230. The Kier molecular flexibility index (Phi) is 5.99. The van der Waals surface area contributed by atoms with E-state index in [0.29, 0.717) is 6.54 Å². The molecule has 0 radical (unpaired) electrons. The van der Waals surface area contributed by atoms with Crippen LogP contribution in [-0.4, -0.2) is 58.5 Å². The second kappa shape index (κ2) is 9.23. The Balaban J connectivity index is 1.34. The molecule has 6 heteroatoms. The molecule has 172 valence electrons. The fourth-order valence-corrected chi connectivity index (χ4v) is 5.04. The molecule has 0 bridgehead atoms. The van der Waals surface area contributed by atoms with Crippen LogP contribution in [0.3, 0.4) is 0 Å². The van der Waals surface area contributed by atoms with Gasteiger partial charge in [0.15, 0.2) is 0 Å². The number of aliphatic hydroxyl groups is 1. The lowest BCUT2D eigenvalue weighted by molar-refractivity contribution is -0.159. The van der Waals surface area contributed by atoms with Crippen molar-refractivity contribution in [1.82, 2.24) is 9.80 Å². The monoisotopic (exact) mass is 456 g/mol. The number of piperazine rings is 1. The Hall–Kier alpha value is -3.77. The van der Waals surface area contributed by atoms with E-state index in [4.69, 9.17) is 0 Å². The second-order valence-corrected chi connectivity index (χ2v) is 8.75. The fourth-order valence-electron chi connectivity index (χ4n) is 5.04. The van der Waals surface area contributed by atoms with Crippen LogP contribution in [0.1, 0.15) is 33.0 Å². The van der Waals surface area contributed by atoms with Crippen molar-refractivity contribution < 1.29 is 19.1 Å². The van der Waals surface area contributed by atoms with Gasteiger partial charge < -0.3 is 14.9 Å². The zero-order valence-electron chi connectivity index (χ0n) is 18.5. The van der Waals surface area contributed by atoms with Gasteiger partial charge in [0.2, 0.25) is 5.91 Å². The number of benzene rings is 3. The molecule has 2 fully saturated rings. The second-order valence-electron chi connectivity index (χ2n) is 8.75. The van der Waals surface area contributed by atoms with Crippen LogP contribution in [0, 0.1) is 5.82 Å². The van der Waals surface area contributed by atoms with Crippen LogP contribution in [0.5, 0.6) is 0 Å². The van der Waals surface area contributed by atoms with Crippen LogP contribution in [0.25, 0.3) is 12.2 Å². The lowest BCUT2D eigenvalue weighted by atomic mass is 9.73. The highest BCUT2D eigenvalue weighted by Crippen LogP contribution is 2.43. The van der Waals surface area contributed by atoms with Crippen LogP contribution in [0.4, 0.5) is 4.39 Å². The molecule has 0 spiro atoms. The number of aliphatic hydroxyl groups excluding tert-OH is 1. The first-order chi connectivity index (χ1) is 16.5. The molecule has 2 amide bonds. The average Bonchev–Trinajstić information content (AvgIpc) is 2.85. The Morgan fingerprint density at radius 2 is 1.68 bits per heavy atom. The fraction of sp³-hybridized carbons (Fsp3) is 0.214. The molecule has 0 aromatic heterocycles. The maximum absolute atomic E-state index is 13.6. The maximum Gasteiger partial charge on any atom is 0.254 e. The van der Waals surface area contributed by atoms with Gasteiger partial charge in [-0.25, -0.2) is 4.39 Å². The van der Waals surface area contributed by atoms with Gasteiger partial charge in [0.05, 0.1) is 18.7 Å². The van der Waals surface area contributed by atoms with Crippen LogP contribution in [-0.2, 0) is 4.79 Å². The third-order valence-corrected chi connectivity index (χ3v) is 6.70. The van der Waals surface area contributed by atoms with Crippen molar-refractivity contribution in [2.45, 2.75) is 18.0 Å². The van der Waals surface area contributed by atoms with Gasteiger partial charge in [0.1, 0.15) is 12.4 Å². The lowest BCUT2D eigenvalue weighted by Crippen LogP contribution is -2.73. The summed E-state index contributed by atoms with van der Waals surface area (Å²) < 4.78 is 13.6. The number of rotatable bonds is 5. The van der Waals surface area contributed by atoms with Crippen molar-refractivity contribution in [2.75, 3.05) is 19.7 Å². The van der Waals surface area contributed by atoms with E-state index in [1.54, 1.807) is 11.0 Å². The first kappa shape index (κ1) is 22.0. The number of halogens is 1. The zero-order chi connectivity index (χ0) is 23.7. The van der Waals surface area contributed by atoms with Crippen molar-refractivity contribution >= 4 is 24.0 Å². The van der Waals surface area contributed by atoms with E-state index in [9.17, 15) is 19.1 Å². The molecule has 0 aliphatic carbocycles. The molecule has 0 saturated carbocycles. The number of nitrogens with zero attached hydrogens (tertiary/aromatic N) is 2. The first-order valence-electron chi connectivity index (χ1n) is 11.3. The van der Waals surface area contributed by atoms with E-state index in [1.165, 1.54) is 23.1 Å². The van der Waals surface area contributed by atoms with Gasteiger partial charge in [-0.3, -0.25) is 9.59 Å². The minimum Gasteiger partial charge on any atom is -0.394 e. The third-order valence-electron chi connectivity index (χ3n) is 6.70. The van der Waals surface area contributed by atoms with Crippen molar-refractivity contribution in [2.24, 2.45) is 0 Å². The average molecular weight is 457 g/mol. The van der Waals surface area contributed by atoms with Crippen molar-refractivity contribution in [3.63, 3.8) is 0 Å². The van der Waals surface area contributed by atoms with Crippen LogP contribution in [0.15, 0.2) is 78.9 Å². The van der Waals surface area contributed by atoms with Crippen molar-refractivity contribution in [1.29, 1.82) is 0 Å². The number of amides is 2. The highest BCUT2D eigenvalue weighted by Gasteiger charge is 2.54. The summed E-state index contributed by atoms with van der Waals surface area (Å²) in [6.45, 7) is 0.136. The molecular formula is C28H25FN2O3. The van der Waals surface area contributed by atoms with E-state index in [-0.39, 0.29) is 48.5 Å². The molecule has 1 N–H and O–H groups in total. The summed E-state index contributed by atoms with van der Waals surface area (Å²) in [6.07, 6.45) is 4.09. The largest absolute Gasteiger partial charge is 0.394 e. The topological polar surface area (TPSA) is 60.9 Å². The minimum absolute atomic E-state index is 0.0711. The lowest BCUT2D eigenvalue weighted by Gasteiger charge is -2.58. The summed E-state index contributed by atoms with van der Waals surface area (Å²) in [7, 11) is 0. The molecular weight excluding hydrogens is 431 g/mol. The number of carbonyl (C=O) groups is 2. The summed E-state index contributed by atoms with van der Waals surface area (Å²) in [4.78, 5) is 28.9. The molecule has 5 rings (SSSR count). The highest BCUT2D eigenvalue weighted by molar-refractivity contribution is 5.97. The van der Waals surface area contributed by atoms with Gasteiger partial charge in [-0.2, -0.15) is 0 Å². The van der Waals surface area contributed by atoms with Gasteiger partial charge in [0, 0.05) is 18.0 Å². The van der Waals surface area contributed by atoms with Gasteiger partial charge in [-0.15, -0.1) is 0 Å². The summed E-state index contributed by atoms with van der Waals surface area (Å²) >= 11 is 0. The molecule has 2 heterocycles. The van der Waals surface area contributed by atoms with E-state index in [2.05, 4.69) is 0 Å². The van der Waals surface area contributed by atoms with E-state index >= 15 is 0 Å². The standard InChI is InChI=1S/C28H25FN2O3/c29-23-8-4-7-22(15-23)28(34)30-16-24-27(25(18-32)31(24)26(33)17-30)21-13-11-20(12-14-21)10-9-19-5-2-1-3-6-19/h1-15,24-25,27,32H,16-18H2/b10-9+/t24-,25-,27+/m0/s1. The van der Waals surface area contributed by atoms with Crippen LogP contribution < -0.4 is 0 Å². The zero-order valence-corrected chi connectivity index (χ0v) is 18.5. The van der Waals surface area contributed by atoms with E-state index < -0.39 is 5.82 Å². The minimum atomic E-state index is -0.487. The molecule has 3 aromatic carbocycles. The number of hydrogen-bond donors (Lipinski definition) is 1. The predicted molar refractivity (Wildman–Crippen MR) is 128 cm³/mol. The predicted octanol–water partition coefficient (Wildman–Crippen LogP) is 3.81. The van der Waals surface area contributed by atoms with Gasteiger partial charge >= 0.3 is 0 Å². The first-order valence-corrected chi connectivity index (χ1v) is 11.3. The molecule has 34 heavy (non-hydrogen) atoms. The van der Waals surface area contributed by atoms with Gasteiger partial charge in [0.25, 0.3) is 5.91 Å². The Labute approximate surface area is 197 Å². The number of fused-ring (bicyclic) bond motifs is 1. The smallest absolute Gasteiger partial charge is 0.254 e. The Morgan fingerprint density at radius 3 is 2.35 bits per heavy atom. The SMILES string of the molecule is O=C(c1cccc(F)c1)N1CC(=O)N2[C@@H](CO)[C@H](c3ccc(/C=C/c4ccccc4)cc3)[C@@H]2C1. The molecule has 3 atom stereocenters. The van der Waals surface area contributed by atoms with Crippen LogP contribution in [0.2, 0.25) is 0 Å². The van der Waals surface area contributed by atoms with E-state index in [0.717, 1.165) is 16.7 Å². The highest BCUT2D eigenvalue weighted by atomic mass is 19.1. The number of carbonyl (C=O) groups excluding carboxylic acids is 2. The van der Waals surface area contributed by atoms with Crippen molar-refractivity contribution in [3.8, 4) is 0 Å². The molecule has 2 saturated heterocycles. The normalized spacial score (nSPS) is 21.9. The van der Waals surface area contributed by atoms with E-state index in [1.807, 2.05) is 66.7 Å². The molecule has 2 aliphatic heterocycles. The maximum atomic E-state index is 13.6. The third kappa shape index (κ3) is 4.13. The van der Waals surface area contributed by atoms with Crippen LogP contribution >= 0.6 is 0 Å². The van der Waals surface area contributed by atoms with Crippen molar-refractivity contribution in [3.05, 3.63) is 107 Å². The van der Waals surface area contributed by atoms with Gasteiger partial charge in [-0.05, 0) is 34.9 Å². The molecule has 5 nitrogen and oxygen atoms in total. The summed E-state index contributed by atoms with van der Waals surface area (Å²) in [5.74, 6) is -1.12. The summed E-state index contributed by atoms with van der Waals surface area (Å²) in [5, 5.41) is 10.00.